The van der Waals surface area contributed by atoms with Crippen LogP contribution in [0.5, 0.6) is 0 Å². The number of Topliss-reactive ketones (excluding diaryl/α,β-unsaturated/α-hetero) is 1. The molecule has 0 bridgehead atoms. The molecule has 1 aromatic heterocycles. The molecule has 6 heteroatoms. The molecule has 0 spiro atoms. The van der Waals surface area contributed by atoms with E-state index in [1.807, 2.05) is 24.3 Å². The first-order chi connectivity index (χ1) is 12.5. The topological polar surface area (TPSA) is 56.3 Å². The minimum absolute atomic E-state index is 0.219. The zero-order valence-corrected chi connectivity index (χ0v) is 15.1. The molecule has 0 unspecified atom stereocenters. The molecule has 3 rings (SSSR count). The summed E-state index contributed by atoms with van der Waals surface area (Å²) in [5, 5.41) is 0.981. The van der Waals surface area contributed by atoms with Crippen molar-refractivity contribution in [3.63, 3.8) is 0 Å². The number of esters is 1. The summed E-state index contributed by atoms with van der Waals surface area (Å²) in [5.74, 6) is -1.18. The lowest BCUT2D eigenvalue weighted by Gasteiger charge is -2.12. The van der Waals surface area contributed by atoms with Crippen LogP contribution in [0.25, 0.3) is 10.2 Å². The largest absolute Gasteiger partial charge is 0.454 e. The van der Waals surface area contributed by atoms with Crippen molar-refractivity contribution in [1.82, 2.24) is 4.98 Å². The van der Waals surface area contributed by atoms with Crippen LogP contribution in [0.3, 0.4) is 0 Å². The van der Waals surface area contributed by atoms with Gasteiger partial charge in [0.2, 0.25) is 5.78 Å². The molecule has 0 radical (unpaired) electrons. The average molecular weight is 371 g/mol. The van der Waals surface area contributed by atoms with E-state index in [4.69, 9.17) is 4.74 Å². The molecule has 0 fully saturated rings. The predicted octanol–water partition coefficient (Wildman–Crippen LogP) is 4.57. The molecule has 2 aromatic carbocycles. The van der Waals surface area contributed by atoms with Crippen molar-refractivity contribution in [1.29, 1.82) is 0 Å². The molecule has 0 saturated carbocycles. The van der Waals surface area contributed by atoms with E-state index in [-0.39, 0.29) is 12.2 Å². The number of ether oxygens (including phenoxy) is 1. The van der Waals surface area contributed by atoms with E-state index < -0.39 is 17.9 Å². The molecule has 0 saturated heterocycles. The van der Waals surface area contributed by atoms with E-state index in [1.165, 1.54) is 31.2 Å². The number of fused-ring (bicyclic) bond motifs is 1. The Kier molecular flexibility index (Phi) is 5.73. The molecule has 3 aromatic rings. The van der Waals surface area contributed by atoms with E-state index >= 15 is 0 Å². The first kappa shape index (κ1) is 18.2. The smallest absolute Gasteiger partial charge is 0.306 e. The van der Waals surface area contributed by atoms with Gasteiger partial charge >= 0.3 is 5.97 Å². The number of halogens is 1. The molecular weight excluding hydrogens is 353 g/mol. The second kappa shape index (κ2) is 8.19. The van der Waals surface area contributed by atoms with Gasteiger partial charge in [-0.1, -0.05) is 12.1 Å². The standard InChI is InChI=1S/C20H18FNO3S/c1-13(20(24)14-9-11-15(21)12-10-14)25-19(23)8-4-7-18-22-16-5-2-3-6-17(16)26-18/h2-3,5-6,9-13H,4,7-8H2,1H3/t13-/m0/s1. The average Bonchev–Trinajstić information content (AvgIpc) is 3.04. The van der Waals surface area contributed by atoms with Crippen LogP contribution in [-0.2, 0) is 16.0 Å². The highest BCUT2D eigenvalue weighted by molar-refractivity contribution is 7.18. The predicted molar refractivity (Wildman–Crippen MR) is 98.8 cm³/mol. The van der Waals surface area contributed by atoms with E-state index in [0.717, 1.165) is 15.2 Å². The molecule has 1 atom stereocenters. The Morgan fingerprint density at radius 1 is 1.15 bits per heavy atom. The Balaban J connectivity index is 1.47. The van der Waals surface area contributed by atoms with Crippen molar-refractivity contribution in [2.45, 2.75) is 32.3 Å². The maximum Gasteiger partial charge on any atom is 0.306 e. The third kappa shape index (κ3) is 4.52. The van der Waals surface area contributed by atoms with Crippen LogP contribution in [0.1, 0.15) is 35.1 Å². The van der Waals surface area contributed by atoms with Crippen LogP contribution in [0.4, 0.5) is 4.39 Å². The lowest BCUT2D eigenvalue weighted by molar-refractivity contribution is -0.146. The fourth-order valence-electron chi connectivity index (χ4n) is 2.57. The van der Waals surface area contributed by atoms with Gasteiger partial charge in [0.15, 0.2) is 6.10 Å². The monoisotopic (exact) mass is 371 g/mol. The highest BCUT2D eigenvalue weighted by atomic mass is 32.1. The number of ketones is 1. The second-order valence-electron chi connectivity index (χ2n) is 5.93. The molecule has 1 heterocycles. The molecule has 0 aliphatic heterocycles. The summed E-state index contributed by atoms with van der Waals surface area (Å²) in [6, 6.07) is 13.1. The molecule has 0 N–H and O–H groups in total. The zero-order chi connectivity index (χ0) is 18.5. The number of carbonyl (C=O) groups excluding carboxylic acids is 2. The van der Waals surface area contributed by atoms with Gasteiger partial charge in [-0.2, -0.15) is 0 Å². The van der Waals surface area contributed by atoms with E-state index in [2.05, 4.69) is 4.98 Å². The molecular formula is C20H18FNO3S. The molecule has 134 valence electrons. The summed E-state index contributed by atoms with van der Waals surface area (Å²) in [7, 11) is 0. The number of hydrogen-bond acceptors (Lipinski definition) is 5. The number of aromatic nitrogens is 1. The number of carbonyl (C=O) groups is 2. The Morgan fingerprint density at radius 3 is 2.62 bits per heavy atom. The number of nitrogens with zero attached hydrogens (tertiary/aromatic N) is 1. The van der Waals surface area contributed by atoms with Crippen molar-refractivity contribution in [2.24, 2.45) is 0 Å². The number of thiazole rings is 1. The van der Waals surface area contributed by atoms with Crippen molar-refractivity contribution in [3.05, 3.63) is 64.9 Å². The molecule has 0 aliphatic carbocycles. The normalized spacial score (nSPS) is 12.1. The van der Waals surface area contributed by atoms with Crippen molar-refractivity contribution in [3.8, 4) is 0 Å². The maximum absolute atomic E-state index is 12.9. The van der Waals surface area contributed by atoms with Crippen LogP contribution in [-0.4, -0.2) is 22.8 Å². The summed E-state index contributed by atoms with van der Waals surface area (Å²) in [4.78, 5) is 28.7. The first-order valence-electron chi connectivity index (χ1n) is 8.36. The summed E-state index contributed by atoms with van der Waals surface area (Å²) >= 11 is 1.62. The number of benzene rings is 2. The first-order valence-corrected chi connectivity index (χ1v) is 9.18. The highest BCUT2D eigenvalue weighted by Gasteiger charge is 2.19. The van der Waals surface area contributed by atoms with Gasteiger partial charge < -0.3 is 4.74 Å². The van der Waals surface area contributed by atoms with Crippen LogP contribution in [0, 0.1) is 5.82 Å². The minimum Gasteiger partial charge on any atom is -0.454 e. The van der Waals surface area contributed by atoms with Crippen LogP contribution >= 0.6 is 11.3 Å². The van der Waals surface area contributed by atoms with Crippen molar-refractivity contribution in [2.75, 3.05) is 0 Å². The van der Waals surface area contributed by atoms with E-state index in [9.17, 15) is 14.0 Å². The van der Waals surface area contributed by atoms with Gasteiger partial charge in [0.25, 0.3) is 0 Å². The Hall–Kier alpha value is -2.60. The highest BCUT2D eigenvalue weighted by Crippen LogP contribution is 2.22. The summed E-state index contributed by atoms with van der Waals surface area (Å²) < 4.78 is 19.2. The molecule has 4 nitrogen and oxygen atoms in total. The van der Waals surface area contributed by atoms with Gasteiger partial charge in [-0.25, -0.2) is 9.37 Å². The van der Waals surface area contributed by atoms with Gasteiger partial charge in [0.1, 0.15) is 5.82 Å². The van der Waals surface area contributed by atoms with Crippen molar-refractivity contribution < 1.29 is 18.7 Å². The SMILES string of the molecule is C[C@H](OC(=O)CCCc1nc2ccccc2s1)C(=O)c1ccc(F)cc1. The summed E-state index contributed by atoms with van der Waals surface area (Å²) in [6.45, 7) is 1.52. The van der Waals surface area contributed by atoms with Crippen molar-refractivity contribution >= 4 is 33.3 Å². The molecule has 26 heavy (non-hydrogen) atoms. The van der Waals surface area contributed by atoms with Gasteiger partial charge in [0, 0.05) is 12.0 Å². The molecule has 0 aliphatic rings. The number of para-hydroxylation sites is 1. The lowest BCUT2D eigenvalue weighted by atomic mass is 10.1. The van der Waals surface area contributed by atoms with E-state index in [1.54, 1.807) is 11.3 Å². The van der Waals surface area contributed by atoms with Gasteiger partial charge in [-0.05, 0) is 56.2 Å². The fraction of sp³-hybridized carbons (Fsp3) is 0.250. The minimum atomic E-state index is -0.893. The quantitative estimate of drug-likeness (QED) is 0.451. The van der Waals surface area contributed by atoms with Crippen LogP contribution in [0.2, 0.25) is 0 Å². The van der Waals surface area contributed by atoms with Crippen LogP contribution in [0.15, 0.2) is 48.5 Å². The zero-order valence-electron chi connectivity index (χ0n) is 14.3. The third-order valence-corrected chi connectivity index (χ3v) is 5.01. The Bertz CT molecular complexity index is 887. The van der Waals surface area contributed by atoms with Gasteiger partial charge in [0.05, 0.1) is 15.2 Å². The van der Waals surface area contributed by atoms with Gasteiger partial charge in [-0.3, -0.25) is 9.59 Å². The van der Waals surface area contributed by atoms with Gasteiger partial charge in [-0.15, -0.1) is 11.3 Å². The number of rotatable bonds is 7. The second-order valence-corrected chi connectivity index (χ2v) is 7.05. The Morgan fingerprint density at radius 2 is 1.88 bits per heavy atom. The number of hydrogen-bond donors (Lipinski definition) is 0. The van der Waals surface area contributed by atoms with E-state index in [0.29, 0.717) is 18.4 Å². The Labute approximate surface area is 154 Å². The third-order valence-electron chi connectivity index (χ3n) is 3.92. The fourth-order valence-corrected chi connectivity index (χ4v) is 3.58. The van der Waals surface area contributed by atoms with Crippen LogP contribution < -0.4 is 0 Å². The number of aryl methyl sites for hydroxylation is 1. The maximum atomic E-state index is 12.9. The lowest BCUT2D eigenvalue weighted by Crippen LogP contribution is -2.24. The summed E-state index contributed by atoms with van der Waals surface area (Å²) in [6.07, 6.45) is 0.623. The molecule has 0 amide bonds. The summed E-state index contributed by atoms with van der Waals surface area (Å²) in [5.41, 5.74) is 1.29.